The van der Waals surface area contributed by atoms with E-state index < -0.39 is 0 Å². The summed E-state index contributed by atoms with van der Waals surface area (Å²) >= 11 is 3.37. The van der Waals surface area contributed by atoms with E-state index in [-0.39, 0.29) is 18.4 Å². The fraction of sp³-hybridized carbons (Fsp3) is 0.300. The molecule has 0 atom stereocenters. The Morgan fingerprint density at radius 3 is 2.46 bits per heavy atom. The summed E-state index contributed by atoms with van der Waals surface area (Å²) in [7, 11) is 0. The Balaban J connectivity index is 1.67. The molecule has 136 valence electrons. The number of benzene rings is 2. The van der Waals surface area contributed by atoms with E-state index in [4.69, 9.17) is 0 Å². The van der Waals surface area contributed by atoms with E-state index in [1.54, 1.807) is 0 Å². The van der Waals surface area contributed by atoms with Crippen molar-refractivity contribution in [2.45, 2.75) is 19.8 Å². The summed E-state index contributed by atoms with van der Waals surface area (Å²) in [5.74, 6) is -0.121. The van der Waals surface area contributed by atoms with Crippen LogP contribution in [0.25, 0.3) is 0 Å². The maximum atomic E-state index is 12.8. The number of amides is 2. The van der Waals surface area contributed by atoms with E-state index in [1.807, 2.05) is 54.3 Å². The number of anilines is 2. The van der Waals surface area contributed by atoms with Crippen LogP contribution in [0.2, 0.25) is 0 Å². The highest BCUT2D eigenvalue weighted by atomic mass is 79.9. The van der Waals surface area contributed by atoms with Gasteiger partial charge in [-0.1, -0.05) is 28.1 Å². The van der Waals surface area contributed by atoms with Crippen LogP contribution in [-0.2, 0) is 4.79 Å². The molecule has 1 aliphatic rings. The average molecular weight is 416 g/mol. The second kappa shape index (κ2) is 8.36. The van der Waals surface area contributed by atoms with Gasteiger partial charge in [-0.15, -0.1) is 0 Å². The minimum Gasteiger partial charge on any atom is -0.375 e. The molecule has 2 N–H and O–H groups in total. The molecule has 2 aromatic carbocycles. The zero-order valence-electron chi connectivity index (χ0n) is 14.7. The molecule has 2 amide bonds. The minimum absolute atomic E-state index is 0.0383. The molecule has 1 fully saturated rings. The van der Waals surface area contributed by atoms with Gasteiger partial charge in [-0.05, 0) is 55.7 Å². The van der Waals surface area contributed by atoms with Crippen molar-refractivity contribution in [2.24, 2.45) is 0 Å². The van der Waals surface area contributed by atoms with Crippen molar-refractivity contribution in [3.63, 3.8) is 0 Å². The van der Waals surface area contributed by atoms with Crippen molar-refractivity contribution in [3.05, 3.63) is 58.1 Å². The summed E-state index contributed by atoms with van der Waals surface area (Å²) < 4.78 is 0.957. The second-order valence-corrected chi connectivity index (χ2v) is 7.32. The smallest absolute Gasteiger partial charge is 0.256 e. The highest BCUT2D eigenvalue weighted by molar-refractivity contribution is 9.10. The van der Waals surface area contributed by atoms with E-state index in [0.717, 1.165) is 41.7 Å². The van der Waals surface area contributed by atoms with Crippen molar-refractivity contribution < 1.29 is 9.59 Å². The van der Waals surface area contributed by atoms with Gasteiger partial charge in [0, 0.05) is 28.9 Å². The minimum atomic E-state index is -0.159. The highest BCUT2D eigenvalue weighted by Crippen LogP contribution is 2.23. The number of hydrogen-bond acceptors (Lipinski definition) is 3. The number of rotatable bonds is 5. The fourth-order valence-electron chi connectivity index (χ4n) is 3.09. The standard InChI is InChI=1S/C20H22BrN3O2/c1-14-5-4-6-17(19(14)20(26)24-11-2-3-12-24)22-13-18(25)23-16-9-7-15(21)8-10-16/h4-10,22H,2-3,11-13H2,1H3,(H,23,25). The van der Waals surface area contributed by atoms with E-state index in [9.17, 15) is 9.59 Å². The Morgan fingerprint density at radius 1 is 1.08 bits per heavy atom. The van der Waals surface area contributed by atoms with Crippen molar-refractivity contribution in [2.75, 3.05) is 30.3 Å². The van der Waals surface area contributed by atoms with Crippen LogP contribution >= 0.6 is 15.9 Å². The molecule has 0 spiro atoms. The third-order valence-electron chi connectivity index (χ3n) is 4.45. The van der Waals surface area contributed by atoms with Gasteiger partial charge in [0.1, 0.15) is 0 Å². The Kier molecular flexibility index (Phi) is 5.93. The Hall–Kier alpha value is -2.34. The molecule has 5 nitrogen and oxygen atoms in total. The first-order valence-electron chi connectivity index (χ1n) is 8.73. The van der Waals surface area contributed by atoms with Crippen LogP contribution in [0.15, 0.2) is 46.9 Å². The van der Waals surface area contributed by atoms with Gasteiger partial charge >= 0.3 is 0 Å². The normalized spacial score (nSPS) is 13.5. The fourth-order valence-corrected chi connectivity index (χ4v) is 3.36. The van der Waals surface area contributed by atoms with Gasteiger partial charge < -0.3 is 15.5 Å². The van der Waals surface area contributed by atoms with Crippen molar-refractivity contribution >= 4 is 39.1 Å². The molecular formula is C20H22BrN3O2. The van der Waals surface area contributed by atoms with E-state index in [2.05, 4.69) is 26.6 Å². The molecule has 0 saturated carbocycles. The molecule has 0 unspecified atom stereocenters. The van der Waals surface area contributed by atoms with Crippen LogP contribution in [0, 0.1) is 6.92 Å². The summed E-state index contributed by atoms with van der Waals surface area (Å²) in [6.07, 6.45) is 2.10. The Morgan fingerprint density at radius 2 is 1.77 bits per heavy atom. The zero-order chi connectivity index (χ0) is 18.5. The monoisotopic (exact) mass is 415 g/mol. The maximum Gasteiger partial charge on any atom is 0.256 e. The highest BCUT2D eigenvalue weighted by Gasteiger charge is 2.23. The number of hydrogen-bond donors (Lipinski definition) is 2. The van der Waals surface area contributed by atoms with Gasteiger partial charge in [-0.3, -0.25) is 9.59 Å². The van der Waals surface area contributed by atoms with Crippen LogP contribution in [-0.4, -0.2) is 36.3 Å². The number of nitrogens with one attached hydrogen (secondary N) is 2. The molecule has 26 heavy (non-hydrogen) atoms. The molecule has 6 heteroatoms. The second-order valence-electron chi connectivity index (χ2n) is 6.41. The lowest BCUT2D eigenvalue weighted by atomic mass is 10.0. The van der Waals surface area contributed by atoms with Crippen LogP contribution in [0.4, 0.5) is 11.4 Å². The van der Waals surface area contributed by atoms with Crippen LogP contribution < -0.4 is 10.6 Å². The van der Waals surface area contributed by atoms with Crippen molar-refractivity contribution in [1.29, 1.82) is 0 Å². The first-order valence-corrected chi connectivity index (χ1v) is 9.52. The number of nitrogens with zero attached hydrogens (tertiary/aromatic N) is 1. The third kappa shape index (κ3) is 4.43. The lowest BCUT2D eigenvalue weighted by Crippen LogP contribution is -2.30. The molecule has 0 bridgehead atoms. The summed E-state index contributed by atoms with van der Waals surface area (Å²) in [5.41, 5.74) is 3.01. The van der Waals surface area contributed by atoms with Crippen molar-refractivity contribution in [3.8, 4) is 0 Å². The van der Waals surface area contributed by atoms with Gasteiger partial charge in [0.15, 0.2) is 0 Å². The molecule has 2 aromatic rings. The average Bonchev–Trinajstić information content (AvgIpc) is 3.16. The third-order valence-corrected chi connectivity index (χ3v) is 4.98. The summed E-state index contributed by atoms with van der Waals surface area (Å²) in [5, 5.41) is 5.96. The SMILES string of the molecule is Cc1cccc(NCC(=O)Nc2ccc(Br)cc2)c1C(=O)N1CCCC1. The lowest BCUT2D eigenvalue weighted by Gasteiger charge is -2.20. The quantitative estimate of drug-likeness (QED) is 0.774. The van der Waals surface area contributed by atoms with Gasteiger partial charge in [0.25, 0.3) is 5.91 Å². The van der Waals surface area contributed by atoms with E-state index in [0.29, 0.717) is 11.3 Å². The van der Waals surface area contributed by atoms with Gasteiger partial charge in [-0.25, -0.2) is 0 Å². The molecule has 0 aromatic heterocycles. The Bertz CT molecular complexity index is 799. The maximum absolute atomic E-state index is 12.8. The largest absolute Gasteiger partial charge is 0.375 e. The van der Waals surface area contributed by atoms with Crippen molar-refractivity contribution in [1.82, 2.24) is 4.90 Å². The summed E-state index contributed by atoms with van der Waals surface area (Å²) in [6, 6.07) is 13.1. The summed E-state index contributed by atoms with van der Waals surface area (Å²) in [6.45, 7) is 3.63. The number of carbonyl (C=O) groups is 2. The zero-order valence-corrected chi connectivity index (χ0v) is 16.3. The topological polar surface area (TPSA) is 61.4 Å². The Labute approximate surface area is 161 Å². The number of likely N-dealkylation sites (tertiary alicyclic amines) is 1. The predicted octanol–water partition coefficient (Wildman–Crippen LogP) is 4.04. The number of carbonyl (C=O) groups excluding carboxylic acids is 2. The van der Waals surface area contributed by atoms with Gasteiger partial charge in [0.05, 0.1) is 12.1 Å². The van der Waals surface area contributed by atoms with Crippen LogP contribution in [0.1, 0.15) is 28.8 Å². The molecular weight excluding hydrogens is 394 g/mol. The van der Waals surface area contributed by atoms with Gasteiger partial charge in [0.2, 0.25) is 5.91 Å². The first kappa shape index (κ1) is 18.5. The van der Waals surface area contributed by atoms with Crippen LogP contribution in [0.5, 0.6) is 0 Å². The lowest BCUT2D eigenvalue weighted by molar-refractivity contribution is -0.114. The molecule has 1 aliphatic heterocycles. The molecule has 3 rings (SSSR count). The number of aryl methyl sites for hydroxylation is 1. The molecule has 0 aliphatic carbocycles. The summed E-state index contributed by atoms with van der Waals surface area (Å²) in [4.78, 5) is 26.9. The van der Waals surface area contributed by atoms with Crippen LogP contribution in [0.3, 0.4) is 0 Å². The first-order chi connectivity index (χ1) is 12.5. The number of halogens is 1. The van der Waals surface area contributed by atoms with E-state index in [1.165, 1.54) is 0 Å². The molecule has 0 radical (unpaired) electrons. The molecule has 1 heterocycles. The molecule has 1 saturated heterocycles. The van der Waals surface area contributed by atoms with E-state index >= 15 is 0 Å². The predicted molar refractivity (Wildman–Crippen MR) is 108 cm³/mol. The van der Waals surface area contributed by atoms with Gasteiger partial charge in [-0.2, -0.15) is 0 Å².